The summed E-state index contributed by atoms with van der Waals surface area (Å²) in [4.78, 5) is 14.7. The van der Waals surface area contributed by atoms with Gasteiger partial charge in [0.05, 0.1) is 12.3 Å². The van der Waals surface area contributed by atoms with Crippen molar-refractivity contribution < 1.29 is 9.53 Å². The minimum absolute atomic E-state index is 0.0650. The van der Waals surface area contributed by atoms with Gasteiger partial charge in [0, 0.05) is 11.6 Å². The Morgan fingerprint density at radius 3 is 2.66 bits per heavy atom. The van der Waals surface area contributed by atoms with Crippen LogP contribution in [0.5, 0.6) is 0 Å². The van der Waals surface area contributed by atoms with Crippen LogP contribution in [0.25, 0.3) is 11.1 Å². The van der Waals surface area contributed by atoms with Crippen molar-refractivity contribution >= 4 is 11.8 Å². The van der Waals surface area contributed by atoms with Gasteiger partial charge in [0.25, 0.3) is 0 Å². The van der Waals surface area contributed by atoms with E-state index >= 15 is 0 Å². The second kappa shape index (κ2) is 9.00. The zero-order valence-corrected chi connectivity index (χ0v) is 18.4. The van der Waals surface area contributed by atoms with Gasteiger partial charge in [-0.05, 0) is 62.4 Å². The number of carbonyl (C=O) groups is 1. The van der Waals surface area contributed by atoms with E-state index in [4.69, 9.17) is 4.74 Å². The highest BCUT2D eigenvalue weighted by Gasteiger charge is 2.21. The fourth-order valence-corrected chi connectivity index (χ4v) is 3.99. The van der Waals surface area contributed by atoms with E-state index in [2.05, 4.69) is 63.2 Å². The van der Waals surface area contributed by atoms with Gasteiger partial charge >= 0.3 is 6.09 Å². The molecule has 0 spiro atoms. The Morgan fingerprint density at radius 2 is 1.97 bits per heavy atom. The molecule has 1 aliphatic heterocycles. The fourth-order valence-electron chi connectivity index (χ4n) is 3.99. The molecule has 0 saturated carbocycles. The summed E-state index contributed by atoms with van der Waals surface area (Å²) >= 11 is 0. The van der Waals surface area contributed by atoms with Crippen LogP contribution < -0.4 is 5.32 Å². The van der Waals surface area contributed by atoms with Crippen molar-refractivity contribution in [3.05, 3.63) is 53.6 Å². The molecule has 1 saturated heterocycles. The van der Waals surface area contributed by atoms with Crippen molar-refractivity contribution in [2.45, 2.75) is 58.4 Å². The summed E-state index contributed by atoms with van der Waals surface area (Å²) in [5.74, 6) is 0. The van der Waals surface area contributed by atoms with E-state index in [0.717, 1.165) is 29.8 Å². The average molecular weight is 395 g/mol. The van der Waals surface area contributed by atoms with Crippen molar-refractivity contribution in [3.63, 3.8) is 0 Å². The van der Waals surface area contributed by atoms with Gasteiger partial charge in [-0.25, -0.2) is 4.79 Å². The van der Waals surface area contributed by atoms with Crippen LogP contribution in [0.1, 0.15) is 51.2 Å². The van der Waals surface area contributed by atoms with Gasteiger partial charge in [-0.15, -0.1) is 0 Å². The summed E-state index contributed by atoms with van der Waals surface area (Å²) in [6, 6.07) is 15.1. The van der Waals surface area contributed by atoms with Crippen LogP contribution in [0.2, 0.25) is 0 Å². The van der Waals surface area contributed by atoms with E-state index in [1.165, 1.54) is 24.0 Å². The third-order valence-electron chi connectivity index (χ3n) is 5.77. The summed E-state index contributed by atoms with van der Waals surface area (Å²) in [6.07, 6.45) is 2.92. The first-order chi connectivity index (χ1) is 13.7. The number of nitrogens with one attached hydrogen (secondary N) is 1. The summed E-state index contributed by atoms with van der Waals surface area (Å²) in [7, 11) is 2.14. The predicted octanol–water partition coefficient (Wildman–Crippen LogP) is 5.99. The van der Waals surface area contributed by atoms with Crippen LogP contribution in [-0.2, 0) is 10.2 Å². The van der Waals surface area contributed by atoms with Crippen LogP contribution >= 0.6 is 0 Å². The number of carbonyl (C=O) groups excluding carboxylic acids is 1. The lowest BCUT2D eigenvalue weighted by Gasteiger charge is -2.21. The molecule has 1 amide bonds. The van der Waals surface area contributed by atoms with Crippen molar-refractivity contribution in [2.24, 2.45) is 0 Å². The molecule has 0 radical (unpaired) electrons. The zero-order valence-electron chi connectivity index (χ0n) is 18.4. The maximum Gasteiger partial charge on any atom is 0.411 e. The molecule has 1 aliphatic rings. The first-order valence-corrected chi connectivity index (χ1v) is 10.6. The Bertz CT molecular complexity index is 854. The predicted molar refractivity (Wildman–Crippen MR) is 121 cm³/mol. The molecular formula is C25H34N2O2. The summed E-state index contributed by atoms with van der Waals surface area (Å²) < 4.78 is 5.47. The number of anilines is 1. The van der Waals surface area contributed by atoms with E-state index in [1.807, 2.05) is 24.3 Å². The number of benzene rings is 2. The number of ether oxygens (including phenoxy) is 1. The maximum absolute atomic E-state index is 12.4. The summed E-state index contributed by atoms with van der Waals surface area (Å²) in [5, 5.41) is 2.95. The molecule has 0 bridgehead atoms. The van der Waals surface area contributed by atoms with Gasteiger partial charge in [-0.1, -0.05) is 62.7 Å². The zero-order chi connectivity index (χ0) is 21.0. The van der Waals surface area contributed by atoms with Gasteiger partial charge in [-0.3, -0.25) is 5.32 Å². The van der Waals surface area contributed by atoms with Crippen LogP contribution in [-0.4, -0.2) is 37.2 Å². The lowest BCUT2D eigenvalue weighted by Crippen LogP contribution is -2.27. The molecule has 0 aromatic heterocycles. The number of nitrogens with zero attached hydrogens (tertiary/aromatic N) is 1. The van der Waals surface area contributed by atoms with Gasteiger partial charge < -0.3 is 9.64 Å². The number of likely N-dealkylation sites (tertiary alicyclic amines) is 1. The first kappa shape index (κ1) is 21.4. The molecule has 156 valence electrons. The Labute approximate surface area is 175 Å². The molecule has 29 heavy (non-hydrogen) atoms. The molecule has 2 aromatic rings. The molecule has 1 N–H and O–H groups in total. The standard InChI is InChI=1S/C25H34N2O2/c1-18-15-19(17-20(16-18)25(2,3)4)22-10-6-7-11-23(22)26-24(28)29-14-12-21-9-8-13-27(21)5/h6-7,10-11,15-17,21H,8-9,12-14H2,1-5H3,(H,26,28). The number of amides is 1. The Hall–Kier alpha value is -2.33. The average Bonchev–Trinajstić information content (AvgIpc) is 3.06. The van der Waals surface area contributed by atoms with Gasteiger partial charge in [0.15, 0.2) is 0 Å². The summed E-state index contributed by atoms with van der Waals surface area (Å²) in [5.41, 5.74) is 5.46. The van der Waals surface area contributed by atoms with E-state index in [0.29, 0.717) is 12.6 Å². The SMILES string of the molecule is Cc1cc(-c2ccccc2NC(=O)OCCC2CCCN2C)cc(C(C)(C)C)c1. The van der Waals surface area contributed by atoms with Crippen LogP contribution in [0.3, 0.4) is 0 Å². The van der Waals surface area contributed by atoms with Crippen molar-refractivity contribution in [2.75, 3.05) is 25.5 Å². The van der Waals surface area contributed by atoms with Crippen LogP contribution in [0, 0.1) is 6.92 Å². The number of para-hydroxylation sites is 1. The number of hydrogen-bond donors (Lipinski definition) is 1. The van der Waals surface area contributed by atoms with Gasteiger partial charge in [0.2, 0.25) is 0 Å². The molecule has 1 unspecified atom stereocenters. The minimum atomic E-state index is -0.387. The molecule has 1 fully saturated rings. The quantitative estimate of drug-likeness (QED) is 0.677. The lowest BCUT2D eigenvalue weighted by molar-refractivity contribution is 0.147. The molecular weight excluding hydrogens is 360 g/mol. The molecule has 3 rings (SSSR count). The van der Waals surface area contributed by atoms with Gasteiger partial charge in [-0.2, -0.15) is 0 Å². The van der Waals surface area contributed by atoms with Crippen molar-refractivity contribution in [3.8, 4) is 11.1 Å². The first-order valence-electron chi connectivity index (χ1n) is 10.6. The van der Waals surface area contributed by atoms with Crippen LogP contribution in [0.4, 0.5) is 10.5 Å². The normalized spacial score (nSPS) is 17.3. The smallest absolute Gasteiger partial charge is 0.411 e. The lowest BCUT2D eigenvalue weighted by atomic mass is 9.84. The third kappa shape index (κ3) is 5.60. The molecule has 0 aliphatic carbocycles. The maximum atomic E-state index is 12.4. The highest BCUT2D eigenvalue weighted by molar-refractivity contribution is 5.91. The Morgan fingerprint density at radius 1 is 1.21 bits per heavy atom. The monoisotopic (exact) mass is 394 g/mol. The number of aryl methyl sites for hydroxylation is 1. The summed E-state index contributed by atoms with van der Waals surface area (Å²) in [6.45, 7) is 10.3. The van der Waals surface area contributed by atoms with E-state index in [-0.39, 0.29) is 11.5 Å². The Kier molecular flexibility index (Phi) is 6.63. The number of rotatable bonds is 5. The van der Waals surface area contributed by atoms with Gasteiger partial charge in [0.1, 0.15) is 0 Å². The van der Waals surface area contributed by atoms with Crippen LogP contribution in [0.15, 0.2) is 42.5 Å². The molecule has 4 nitrogen and oxygen atoms in total. The largest absolute Gasteiger partial charge is 0.449 e. The highest BCUT2D eigenvalue weighted by Crippen LogP contribution is 2.33. The fraction of sp³-hybridized carbons (Fsp3) is 0.480. The molecule has 1 atom stereocenters. The molecule has 4 heteroatoms. The number of hydrogen-bond acceptors (Lipinski definition) is 3. The Balaban J connectivity index is 1.71. The minimum Gasteiger partial charge on any atom is -0.449 e. The van der Waals surface area contributed by atoms with E-state index < -0.39 is 0 Å². The topological polar surface area (TPSA) is 41.6 Å². The van der Waals surface area contributed by atoms with Crippen molar-refractivity contribution in [1.29, 1.82) is 0 Å². The molecule has 2 aromatic carbocycles. The highest BCUT2D eigenvalue weighted by atomic mass is 16.5. The van der Waals surface area contributed by atoms with E-state index in [9.17, 15) is 4.79 Å². The second-order valence-electron chi connectivity index (χ2n) is 9.21. The van der Waals surface area contributed by atoms with Crippen molar-refractivity contribution in [1.82, 2.24) is 4.90 Å². The second-order valence-corrected chi connectivity index (χ2v) is 9.21. The third-order valence-corrected chi connectivity index (χ3v) is 5.77. The molecule has 1 heterocycles. The van der Waals surface area contributed by atoms with E-state index in [1.54, 1.807) is 0 Å².